The Morgan fingerprint density at radius 1 is 0.655 bits per heavy atom. The Morgan fingerprint density at radius 2 is 1.22 bits per heavy atom. The zero-order valence-corrected chi connectivity index (χ0v) is 50.2. The summed E-state index contributed by atoms with van der Waals surface area (Å²) in [4.78, 5) is 178. The smallest absolute Gasteiger partial charge is 0.326 e. The molecule has 0 saturated carbocycles. The van der Waals surface area contributed by atoms with Gasteiger partial charge in [0.15, 0.2) is 5.96 Å². The van der Waals surface area contributed by atoms with Crippen LogP contribution in [0.5, 0.6) is 0 Å². The predicted octanol–water partition coefficient (Wildman–Crippen LogP) is -1.13. The Hall–Kier alpha value is -8.33. The lowest BCUT2D eigenvalue weighted by Crippen LogP contribution is -2.61. The van der Waals surface area contributed by atoms with Gasteiger partial charge in [-0.15, -0.1) is 0 Å². The molecule has 5 saturated heterocycles. The first-order valence-corrected chi connectivity index (χ1v) is 30.6. The second kappa shape index (κ2) is 30.3. The third-order valence-electron chi connectivity index (χ3n) is 17.3. The zero-order chi connectivity index (χ0) is 63.2. The molecule has 5 fully saturated rings. The van der Waals surface area contributed by atoms with E-state index in [4.69, 9.17) is 17.2 Å². The number of aromatic amines is 1. The quantitative estimate of drug-likeness (QED) is 0.0273. The van der Waals surface area contributed by atoms with E-state index in [1.54, 1.807) is 13.1 Å². The number of aliphatic imine (C=N–C) groups is 1. The Labute approximate surface area is 505 Å². The average molecular weight is 1210 g/mol. The number of carbonyl (C=O) groups excluding carboxylic acids is 11. The molecule has 476 valence electrons. The standard InChI is InChI=1S/C59H87N15O13/c1-5-33(4)48(57(85)73-27-11-18-44(73)56(84)74-28-12-19-45(74)58(86)87)70-50(78)38(20-22-46(60)75)66-52(80)42-16-9-25-71(42)54(82)39(15-8-24-63-59(61)62)67-53(81)43-17-10-26-72(43)55(83)41(30-34-31-64-36-14-7-6-13-35(34)36)69-51(79)40(29-32(2)3)68-49(77)37-21-23-47(76)65-37/h6-7,13-14,31-33,37-45,48,64H,5,8-12,15-30H2,1-4H3,(H2,60,75)(H,65,76)(H,66,80)(H,67,81)(H,68,77)(H,69,79)(H,70,78)(H,86,87)(H4,61,62,63). The number of benzene rings is 1. The molecule has 0 radical (unpaired) electrons. The van der Waals surface area contributed by atoms with Gasteiger partial charge in [0.1, 0.15) is 60.4 Å². The fraction of sp³-hybridized carbons (Fsp3) is 0.644. The summed E-state index contributed by atoms with van der Waals surface area (Å²) >= 11 is 0. The van der Waals surface area contributed by atoms with Gasteiger partial charge in [-0.25, -0.2) is 4.79 Å². The molecule has 7 rings (SSSR count). The van der Waals surface area contributed by atoms with Gasteiger partial charge in [-0.05, 0) is 107 Å². The number of likely N-dealkylation sites (tertiary alicyclic amines) is 4. The largest absolute Gasteiger partial charge is 0.480 e. The van der Waals surface area contributed by atoms with Crippen LogP contribution >= 0.6 is 0 Å². The maximum absolute atomic E-state index is 15.0. The summed E-state index contributed by atoms with van der Waals surface area (Å²) < 4.78 is 0. The fourth-order valence-corrected chi connectivity index (χ4v) is 12.5. The molecule has 28 heteroatoms. The fourth-order valence-electron chi connectivity index (χ4n) is 12.5. The van der Waals surface area contributed by atoms with Crippen LogP contribution in [0, 0.1) is 11.8 Å². The number of nitrogens with two attached hydrogens (primary N) is 3. The molecule has 0 aliphatic carbocycles. The first-order valence-electron chi connectivity index (χ1n) is 30.6. The van der Waals surface area contributed by atoms with E-state index < -0.39 is 131 Å². The molecule has 0 bridgehead atoms. The van der Waals surface area contributed by atoms with Crippen molar-refractivity contribution in [1.82, 2.24) is 56.5 Å². The maximum atomic E-state index is 15.0. The van der Waals surface area contributed by atoms with Gasteiger partial charge >= 0.3 is 5.97 Å². The van der Waals surface area contributed by atoms with Crippen molar-refractivity contribution in [3.05, 3.63) is 36.0 Å². The van der Waals surface area contributed by atoms with Crippen LogP contribution in [-0.2, 0) is 64.0 Å². The molecule has 5 aliphatic heterocycles. The van der Waals surface area contributed by atoms with Gasteiger partial charge in [-0.1, -0.05) is 52.3 Å². The van der Waals surface area contributed by atoms with Crippen molar-refractivity contribution in [2.24, 2.45) is 34.0 Å². The number of nitrogens with one attached hydrogen (secondary N) is 7. The van der Waals surface area contributed by atoms with E-state index in [1.165, 1.54) is 19.6 Å². The van der Waals surface area contributed by atoms with Crippen LogP contribution in [0.4, 0.5) is 0 Å². The van der Waals surface area contributed by atoms with E-state index >= 15 is 4.79 Å². The van der Waals surface area contributed by atoms with E-state index in [0.29, 0.717) is 44.1 Å². The Balaban J connectivity index is 1.08. The number of hydrogen-bond donors (Lipinski definition) is 11. The molecule has 1 aromatic carbocycles. The molecule has 11 unspecified atom stereocenters. The normalized spacial score (nSPS) is 22.2. The summed E-state index contributed by atoms with van der Waals surface area (Å²) in [5.74, 6) is -8.68. The average Bonchev–Trinajstić information content (AvgIpc) is 2.58. The lowest BCUT2D eigenvalue weighted by atomic mass is 9.96. The number of guanidine groups is 1. The summed E-state index contributed by atoms with van der Waals surface area (Å²) in [5.41, 5.74) is 18.3. The number of amides is 11. The number of primary amides is 1. The zero-order valence-electron chi connectivity index (χ0n) is 50.2. The Bertz CT molecular complexity index is 2930. The minimum atomic E-state index is -1.44. The molecule has 11 amide bonds. The maximum Gasteiger partial charge on any atom is 0.326 e. The summed E-state index contributed by atoms with van der Waals surface area (Å²) in [6.45, 7) is 7.97. The number of H-pyrrole nitrogens is 1. The highest BCUT2D eigenvalue weighted by atomic mass is 16.4. The van der Waals surface area contributed by atoms with Crippen molar-refractivity contribution in [2.75, 3.05) is 32.7 Å². The van der Waals surface area contributed by atoms with E-state index in [0.717, 1.165) is 10.9 Å². The lowest BCUT2D eigenvalue weighted by Gasteiger charge is -2.34. The number of hydrogen-bond acceptors (Lipinski definition) is 13. The third-order valence-corrected chi connectivity index (χ3v) is 17.3. The monoisotopic (exact) mass is 1210 g/mol. The minimum absolute atomic E-state index is 0.00950. The van der Waals surface area contributed by atoms with E-state index in [9.17, 15) is 57.8 Å². The van der Waals surface area contributed by atoms with Crippen molar-refractivity contribution in [2.45, 2.75) is 197 Å². The van der Waals surface area contributed by atoms with Crippen molar-refractivity contribution < 1.29 is 62.6 Å². The van der Waals surface area contributed by atoms with Crippen molar-refractivity contribution in [3.63, 3.8) is 0 Å². The number of para-hydroxylation sites is 1. The van der Waals surface area contributed by atoms with E-state index in [-0.39, 0.29) is 121 Å². The van der Waals surface area contributed by atoms with Gasteiger partial charge in [0.05, 0.1) is 0 Å². The molecule has 1 aromatic heterocycles. The number of nitrogens with zero attached hydrogens (tertiary/aromatic N) is 5. The van der Waals surface area contributed by atoms with Crippen molar-refractivity contribution in [3.8, 4) is 0 Å². The van der Waals surface area contributed by atoms with Crippen molar-refractivity contribution in [1.29, 1.82) is 0 Å². The number of fused-ring (bicyclic) bond motifs is 1. The Morgan fingerprint density at radius 3 is 1.80 bits per heavy atom. The highest BCUT2D eigenvalue weighted by Gasteiger charge is 2.46. The number of carboxylic acids is 1. The SMILES string of the molecule is CCC(C)C(NC(=O)C(CCC(N)=O)NC(=O)C1CCCN1C(=O)C(CCCN=C(N)N)NC(=O)C1CCCN1C(=O)C(Cc1c[nH]c2ccccc12)NC(=O)C(CC(C)C)NC(=O)C1CCC(=O)N1)C(=O)N1CCCC1C(=O)N1CCCC1C(=O)O. The summed E-state index contributed by atoms with van der Waals surface area (Å²) in [6, 6.07) is -3.93. The predicted molar refractivity (Wildman–Crippen MR) is 317 cm³/mol. The molecule has 14 N–H and O–H groups in total. The van der Waals surface area contributed by atoms with Gasteiger partial charge in [0.25, 0.3) is 0 Å². The molecule has 87 heavy (non-hydrogen) atoms. The molecule has 2 aromatic rings. The minimum Gasteiger partial charge on any atom is -0.480 e. The number of carboxylic acid groups (broad SMARTS) is 1. The second-order valence-corrected chi connectivity index (χ2v) is 24.0. The van der Waals surface area contributed by atoms with Crippen LogP contribution in [-0.4, -0.2) is 200 Å². The molecule has 5 aliphatic rings. The van der Waals surface area contributed by atoms with Gasteiger partial charge in [0.2, 0.25) is 65.0 Å². The number of aromatic nitrogens is 1. The second-order valence-electron chi connectivity index (χ2n) is 24.0. The van der Waals surface area contributed by atoms with Crippen LogP contribution in [0.1, 0.15) is 136 Å². The molecule has 28 nitrogen and oxygen atoms in total. The number of carbonyl (C=O) groups is 12. The van der Waals surface area contributed by atoms with E-state index in [2.05, 4.69) is 41.9 Å². The Kier molecular flexibility index (Phi) is 23.1. The number of rotatable bonds is 28. The van der Waals surface area contributed by atoms with Gasteiger partial charge in [-0.3, -0.25) is 57.7 Å². The summed E-state index contributed by atoms with van der Waals surface area (Å²) in [7, 11) is 0. The van der Waals surface area contributed by atoms with Gasteiger partial charge in [-0.2, -0.15) is 0 Å². The van der Waals surface area contributed by atoms with E-state index in [1.807, 2.05) is 45.0 Å². The van der Waals surface area contributed by atoms with Gasteiger partial charge < -0.3 is 78.8 Å². The molecule has 6 heterocycles. The summed E-state index contributed by atoms with van der Waals surface area (Å²) in [5, 5.41) is 27.3. The first kappa shape index (κ1) is 66.2. The molecular weight excluding hydrogens is 1130 g/mol. The van der Waals surface area contributed by atoms with Crippen LogP contribution in [0.3, 0.4) is 0 Å². The molecule has 0 spiro atoms. The van der Waals surface area contributed by atoms with Crippen LogP contribution < -0.4 is 49.1 Å². The van der Waals surface area contributed by atoms with Crippen LogP contribution in [0.15, 0.2) is 35.5 Å². The first-order chi connectivity index (χ1) is 41.5. The number of aliphatic carboxylic acids is 1. The molecule has 11 atom stereocenters. The van der Waals surface area contributed by atoms with Crippen molar-refractivity contribution >= 4 is 87.8 Å². The third kappa shape index (κ3) is 16.8. The highest BCUT2D eigenvalue weighted by Crippen LogP contribution is 2.29. The lowest BCUT2D eigenvalue weighted by molar-refractivity contribution is -0.152. The summed E-state index contributed by atoms with van der Waals surface area (Å²) in [6.07, 6.45) is 4.90. The molecular formula is C59H87N15O13. The van der Waals surface area contributed by atoms with Gasteiger partial charge in [0, 0.05) is 69.1 Å². The van der Waals surface area contributed by atoms with Crippen LogP contribution in [0.25, 0.3) is 10.9 Å². The highest BCUT2D eigenvalue weighted by molar-refractivity contribution is 6.00. The van der Waals surface area contributed by atoms with Crippen LogP contribution in [0.2, 0.25) is 0 Å². The topological polar surface area (TPSA) is 416 Å².